The second-order valence-electron chi connectivity index (χ2n) is 5.32. The third-order valence-corrected chi connectivity index (χ3v) is 4.10. The number of piperidine rings is 1. The molecule has 1 aliphatic heterocycles. The van der Waals surface area contributed by atoms with Gasteiger partial charge in [0.25, 0.3) is 5.91 Å². The smallest absolute Gasteiger partial charge is 0.252 e. The predicted molar refractivity (Wildman–Crippen MR) is 78.7 cm³/mol. The van der Waals surface area contributed by atoms with Crippen LogP contribution in [0.4, 0.5) is 4.39 Å². The number of hydrogen-bond donors (Lipinski definition) is 2. The molecule has 0 atom stereocenters. The molecule has 0 saturated carbocycles. The number of benzene rings is 1. The molecule has 5 heteroatoms. The Bertz CT molecular complexity index is 487. The van der Waals surface area contributed by atoms with Crippen LogP contribution in [0.3, 0.4) is 0 Å². The quantitative estimate of drug-likeness (QED) is 0.897. The average Bonchev–Trinajstić information content (AvgIpc) is 2.44. The van der Waals surface area contributed by atoms with Crippen molar-refractivity contribution in [3.63, 3.8) is 0 Å². The highest BCUT2D eigenvalue weighted by Crippen LogP contribution is 2.20. The largest absolute Gasteiger partial charge is 0.352 e. The van der Waals surface area contributed by atoms with Gasteiger partial charge in [0.15, 0.2) is 0 Å². The van der Waals surface area contributed by atoms with Crippen LogP contribution in [-0.4, -0.2) is 25.5 Å². The van der Waals surface area contributed by atoms with Crippen LogP contribution < -0.4 is 10.6 Å². The summed E-state index contributed by atoms with van der Waals surface area (Å²) in [5.41, 5.74) is 0.654. The molecule has 1 aromatic rings. The number of hydrogen-bond acceptors (Lipinski definition) is 2. The van der Waals surface area contributed by atoms with E-state index in [0.717, 1.165) is 32.4 Å². The standard InChI is InChI=1S/C15H20ClFN2O/c1-10-8-13(16)12(9-14(10)17)15(20)19-7-4-11-2-5-18-6-3-11/h8-9,11,18H,2-7H2,1H3,(H,19,20). The van der Waals surface area contributed by atoms with Crippen LogP contribution >= 0.6 is 11.6 Å². The van der Waals surface area contributed by atoms with E-state index in [9.17, 15) is 9.18 Å². The van der Waals surface area contributed by atoms with Crippen LogP contribution in [0.1, 0.15) is 35.2 Å². The molecule has 1 aromatic carbocycles. The molecule has 0 bridgehead atoms. The molecule has 3 nitrogen and oxygen atoms in total. The van der Waals surface area contributed by atoms with Crippen molar-refractivity contribution in [1.82, 2.24) is 10.6 Å². The third-order valence-electron chi connectivity index (χ3n) is 3.79. The second kappa shape index (κ2) is 7.04. The molecule has 0 aromatic heterocycles. The lowest BCUT2D eigenvalue weighted by atomic mass is 9.95. The lowest BCUT2D eigenvalue weighted by molar-refractivity contribution is 0.0950. The lowest BCUT2D eigenvalue weighted by Gasteiger charge is -2.22. The molecule has 2 rings (SSSR count). The highest BCUT2D eigenvalue weighted by Gasteiger charge is 2.15. The zero-order valence-electron chi connectivity index (χ0n) is 11.6. The summed E-state index contributed by atoms with van der Waals surface area (Å²) in [4.78, 5) is 12.0. The summed E-state index contributed by atoms with van der Waals surface area (Å²) in [6.45, 7) is 4.33. The van der Waals surface area contributed by atoms with E-state index in [1.807, 2.05) is 0 Å². The zero-order valence-corrected chi connectivity index (χ0v) is 12.4. The molecule has 2 N–H and O–H groups in total. The highest BCUT2D eigenvalue weighted by atomic mass is 35.5. The van der Waals surface area contributed by atoms with Crippen molar-refractivity contribution in [2.75, 3.05) is 19.6 Å². The van der Waals surface area contributed by atoms with Crippen molar-refractivity contribution in [2.24, 2.45) is 5.92 Å². The van der Waals surface area contributed by atoms with Gasteiger partial charge in [0, 0.05) is 6.54 Å². The Labute approximate surface area is 123 Å². The molecule has 0 unspecified atom stereocenters. The normalized spacial score (nSPS) is 16.1. The van der Waals surface area contributed by atoms with Crippen LogP contribution in [0.25, 0.3) is 0 Å². The van der Waals surface area contributed by atoms with Gasteiger partial charge in [-0.05, 0) is 62.9 Å². The molecule has 0 aliphatic carbocycles. The van der Waals surface area contributed by atoms with Gasteiger partial charge < -0.3 is 10.6 Å². The Hall–Kier alpha value is -1.13. The molecule has 1 saturated heterocycles. The fourth-order valence-electron chi connectivity index (χ4n) is 2.48. The van der Waals surface area contributed by atoms with Crippen LogP contribution in [0.5, 0.6) is 0 Å². The average molecular weight is 299 g/mol. The third kappa shape index (κ3) is 3.93. The SMILES string of the molecule is Cc1cc(Cl)c(C(=O)NCCC2CCNCC2)cc1F. The van der Waals surface area contributed by atoms with Gasteiger partial charge in [-0.25, -0.2) is 4.39 Å². The monoisotopic (exact) mass is 298 g/mol. The fourth-order valence-corrected chi connectivity index (χ4v) is 2.78. The molecule has 1 heterocycles. The molecule has 20 heavy (non-hydrogen) atoms. The van der Waals surface area contributed by atoms with Gasteiger partial charge in [-0.1, -0.05) is 11.6 Å². The van der Waals surface area contributed by atoms with Crippen molar-refractivity contribution >= 4 is 17.5 Å². The van der Waals surface area contributed by atoms with Gasteiger partial charge in [0.05, 0.1) is 10.6 Å². The van der Waals surface area contributed by atoms with E-state index in [0.29, 0.717) is 23.0 Å². The molecule has 0 spiro atoms. The Morgan fingerprint density at radius 1 is 1.45 bits per heavy atom. The van der Waals surface area contributed by atoms with E-state index in [-0.39, 0.29) is 11.5 Å². The number of aryl methyl sites for hydroxylation is 1. The van der Waals surface area contributed by atoms with Gasteiger partial charge in [-0.15, -0.1) is 0 Å². The topological polar surface area (TPSA) is 41.1 Å². The van der Waals surface area contributed by atoms with E-state index >= 15 is 0 Å². The summed E-state index contributed by atoms with van der Waals surface area (Å²) >= 11 is 5.99. The zero-order chi connectivity index (χ0) is 14.5. The Balaban J connectivity index is 1.87. The van der Waals surface area contributed by atoms with Gasteiger partial charge in [-0.3, -0.25) is 4.79 Å². The van der Waals surface area contributed by atoms with E-state index in [4.69, 9.17) is 11.6 Å². The number of carbonyl (C=O) groups excluding carboxylic acids is 1. The summed E-state index contributed by atoms with van der Waals surface area (Å²) in [5.74, 6) is -0.0532. The molecule has 110 valence electrons. The number of amides is 1. The van der Waals surface area contributed by atoms with E-state index in [1.165, 1.54) is 12.1 Å². The summed E-state index contributed by atoms with van der Waals surface area (Å²) in [6, 6.07) is 2.69. The first kappa shape index (κ1) is 15.3. The maximum atomic E-state index is 13.5. The van der Waals surface area contributed by atoms with Crippen LogP contribution in [0, 0.1) is 18.7 Å². The second-order valence-corrected chi connectivity index (χ2v) is 5.73. The minimum absolute atomic E-state index is 0.208. The van der Waals surface area contributed by atoms with Crippen LogP contribution in [0.2, 0.25) is 5.02 Å². The minimum Gasteiger partial charge on any atom is -0.352 e. The van der Waals surface area contributed by atoms with Crippen molar-refractivity contribution < 1.29 is 9.18 Å². The number of nitrogens with one attached hydrogen (secondary N) is 2. The maximum absolute atomic E-state index is 13.5. The molecule has 1 fully saturated rings. The Kier molecular flexibility index (Phi) is 5.38. The molecule has 0 radical (unpaired) electrons. The number of halogens is 2. The van der Waals surface area contributed by atoms with Crippen molar-refractivity contribution in [3.8, 4) is 0 Å². The summed E-state index contributed by atoms with van der Waals surface area (Å²) in [5, 5.41) is 6.43. The van der Waals surface area contributed by atoms with Gasteiger partial charge >= 0.3 is 0 Å². The lowest BCUT2D eigenvalue weighted by Crippen LogP contribution is -2.31. The van der Waals surface area contributed by atoms with Crippen LogP contribution in [-0.2, 0) is 0 Å². The van der Waals surface area contributed by atoms with E-state index < -0.39 is 5.82 Å². The van der Waals surface area contributed by atoms with Gasteiger partial charge in [0.1, 0.15) is 5.82 Å². The molecular formula is C15H20ClFN2O. The summed E-state index contributed by atoms with van der Waals surface area (Å²) in [7, 11) is 0. The fraction of sp³-hybridized carbons (Fsp3) is 0.533. The summed E-state index contributed by atoms with van der Waals surface area (Å²) in [6.07, 6.45) is 3.25. The van der Waals surface area contributed by atoms with Crippen LogP contribution in [0.15, 0.2) is 12.1 Å². The highest BCUT2D eigenvalue weighted by molar-refractivity contribution is 6.33. The van der Waals surface area contributed by atoms with E-state index in [2.05, 4.69) is 10.6 Å². The van der Waals surface area contributed by atoms with Gasteiger partial charge in [-0.2, -0.15) is 0 Å². The van der Waals surface area contributed by atoms with Gasteiger partial charge in [0.2, 0.25) is 0 Å². The maximum Gasteiger partial charge on any atom is 0.252 e. The number of carbonyl (C=O) groups is 1. The van der Waals surface area contributed by atoms with Crippen molar-refractivity contribution in [1.29, 1.82) is 0 Å². The number of rotatable bonds is 4. The Morgan fingerprint density at radius 3 is 2.85 bits per heavy atom. The predicted octanol–water partition coefficient (Wildman–Crippen LogP) is 2.91. The first-order valence-electron chi connectivity index (χ1n) is 7.02. The summed E-state index contributed by atoms with van der Waals surface area (Å²) < 4.78 is 13.5. The minimum atomic E-state index is -0.405. The molecule has 1 amide bonds. The first-order valence-corrected chi connectivity index (χ1v) is 7.40. The molecular weight excluding hydrogens is 279 g/mol. The van der Waals surface area contributed by atoms with E-state index in [1.54, 1.807) is 6.92 Å². The molecule has 1 aliphatic rings. The first-order chi connectivity index (χ1) is 9.58. The Morgan fingerprint density at radius 2 is 2.15 bits per heavy atom. The van der Waals surface area contributed by atoms with Crippen molar-refractivity contribution in [3.05, 3.63) is 34.1 Å². The van der Waals surface area contributed by atoms with Crippen molar-refractivity contribution in [2.45, 2.75) is 26.2 Å².